The lowest BCUT2D eigenvalue weighted by Crippen LogP contribution is -1.75. The van der Waals surface area contributed by atoms with Crippen molar-refractivity contribution in [3.8, 4) is 16.9 Å². The highest BCUT2D eigenvalue weighted by molar-refractivity contribution is 6.13. The zero-order valence-electron chi connectivity index (χ0n) is 6.24. The lowest BCUT2D eigenvalue weighted by atomic mass is 10.5. The summed E-state index contributed by atoms with van der Waals surface area (Å²) in [4.78, 5) is 0. The number of hydrogen-bond acceptors (Lipinski definition) is 3. The molecule has 0 radical (unpaired) electrons. The van der Waals surface area contributed by atoms with Crippen LogP contribution in [0.3, 0.4) is 0 Å². The second-order valence-corrected chi connectivity index (χ2v) is 2.06. The van der Waals surface area contributed by atoms with Crippen LogP contribution in [0.25, 0.3) is 11.1 Å². The van der Waals surface area contributed by atoms with Gasteiger partial charge in [-0.25, -0.2) is 0 Å². The van der Waals surface area contributed by atoms with Crippen molar-refractivity contribution in [2.45, 2.75) is 0 Å². The van der Waals surface area contributed by atoms with E-state index in [1.54, 1.807) is 7.11 Å². The molecule has 3 nitrogen and oxygen atoms in total. The summed E-state index contributed by atoms with van der Waals surface area (Å²) in [6, 6.07) is 6.16. The zero-order valence-corrected chi connectivity index (χ0v) is 6.24. The lowest BCUT2D eigenvalue weighted by Gasteiger charge is -1.89. The maximum atomic E-state index is 7.12. The zero-order chi connectivity index (χ0) is 8.27. The molecule has 0 fully saturated rings. The van der Waals surface area contributed by atoms with Crippen LogP contribution < -0.4 is 4.74 Å². The van der Waals surface area contributed by atoms with E-state index in [0.717, 1.165) is 5.75 Å². The van der Waals surface area contributed by atoms with E-state index in [4.69, 9.17) is 14.8 Å². The van der Waals surface area contributed by atoms with E-state index in [-0.39, 0.29) is 0 Å². The molecule has 0 saturated carbocycles. The molecule has 0 spiro atoms. The van der Waals surface area contributed by atoms with Crippen molar-refractivity contribution in [1.29, 1.82) is 0 Å². The molecule has 0 aromatic rings. The predicted octanol–water partition coefficient (Wildman–Crippen LogP) is -0.0869. The Morgan fingerprint density at radius 2 is 2.00 bits per heavy atom. The van der Waals surface area contributed by atoms with Gasteiger partial charge in [-0.1, -0.05) is 6.07 Å². The van der Waals surface area contributed by atoms with Gasteiger partial charge in [0.25, 0.3) is 0 Å². The van der Waals surface area contributed by atoms with Crippen molar-refractivity contribution in [3.05, 3.63) is 18.2 Å². The molecule has 11 heavy (non-hydrogen) atoms. The Labute approximate surface area is 65.6 Å². The minimum Gasteiger partial charge on any atom is -0.496 e. The number of methoxy groups -OCH3 is 1. The van der Waals surface area contributed by atoms with Crippen molar-refractivity contribution in [2.75, 3.05) is 7.11 Å². The fourth-order valence-electron chi connectivity index (χ4n) is 0.904. The van der Waals surface area contributed by atoms with Crippen molar-refractivity contribution in [3.63, 3.8) is 0 Å². The molecule has 0 amide bonds. The van der Waals surface area contributed by atoms with Crippen molar-refractivity contribution < 1.29 is 14.8 Å². The summed E-state index contributed by atoms with van der Waals surface area (Å²) in [6.45, 7) is 0. The first-order valence-electron chi connectivity index (χ1n) is 3.23. The Morgan fingerprint density at radius 3 is 2.18 bits per heavy atom. The summed E-state index contributed by atoms with van der Waals surface area (Å²) < 4.78 is 5.01. The normalized spacial score (nSPS) is 9.36. The number of benzene rings is 1. The van der Waals surface area contributed by atoms with Crippen molar-refractivity contribution in [1.82, 2.24) is 0 Å². The summed E-state index contributed by atoms with van der Waals surface area (Å²) in [5.74, 6) is 1.01. The molecule has 0 aromatic carbocycles. The molecule has 2 N–H and O–H groups in total. The number of fused-ring (bicyclic) bond motifs is 1. The maximum Gasteiger partial charge on any atom is 0.432 e. The summed E-state index contributed by atoms with van der Waals surface area (Å²) in [5, 5.41) is 14.2. The molecule has 58 valence electrons. The van der Waals surface area contributed by atoms with Crippen molar-refractivity contribution in [2.24, 2.45) is 0 Å². The monoisotopic (exact) mass is 152 g/mol. The van der Waals surface area contributed by atoms with E-state index in [2.05, 4.69) is 12.1 Å². The van der Waals surface area contributed by atoms with E-state index >= 15 is 0 Å². The smallest absolute Gasteiger partial charge is 0.432 e. The molecule has 0 atom stereocenters. The van der Waals surface area contributed by atoms with Gasteiger partial charge in [0.15, 0.2) is 0 Å². The third-order valence-corrected chi connectivity index (χ3v) is 1.43. The van der Waals surface area contributed by atoms with Gasteiger partial charge in [-0.3, -0.25) is 0 Å². The number of rotatable bonds is 1. The number of ether oxygens (including phenoxy) is 1. The summed E-state index contributed by atoms with van der Waals surface area (Å²) in [6.07, 6.45) is 0. The van der Waals surface area contributed by atoms with E-state index < -0.39 is 7.69 Å². The third-order valence-electron chi connectivity index (χ3n) is 1.43. The van der Waals surface area contributed by atoms with E-state index in [1.807, 2.05) is 6.07 Å². The molecule has 0 aromatic heterocycles. The Balaban J connectivity index is 0.000000179. The predicted molar refractivity (Wildman–Crippen MR) is 43.6 cm³/mol. The highest BCUT2D eigenvalue weighted by atomic mass is 16.5. The van der Waals surface area contributed by atoms with E-state index in [9.17, 15) is 0 Å². The highest BCUT2D eigenvalue weighted by Crippen LogP contribution is 2.43. The molecule has 2 aliphatic rings. The quantitative estimate of drug-likeness (QED) is 0.561. The number of hydrogen-bond donors (Lipinski definition) is 2. The average Bonchev–Trinajstić information content (AvgIpc) is 2.66. The Morgan fingerprint density at radius 1 is 1.36 bits per heavy atom. The van der Waals surface area contributed by atoms with Gasteiger partial charge >= 0.3 is 7.69 Å². The Kier molecular flexibility index (Phi) is 2.51. The largest absolute Gasteiger partial charge is 0.496 e. The molecule has 2 rings (SSSR count). The lowest BCUT2D eigenvalue weighted by molar-refractivity contribution is 0.418. The van der Waals surface area contributed by atoms with Gasteiger partial charge < -0.3 is 14.8 Å². The van der Waals surface area contributed by atoms with Gasteiger partial charge in [-0.2, -0.15) is 0 Å². The first-order valence-corrected chi connectivity index (χ1v) is 3.23. The van der Waals surface area contributed by atoms with Gasteiger partial charge in [-0.15, -0.1) is 0 Å². The highest BCUT2D eigenvalue weighted by Gasteiger charge is 2.16. The fraction of sp³-hybridized carbons (Fsp3) is 0.143. The Hall–Kier alpha value is -0.995. The SMILES string of the molecule is COc1ccc2cc1-2.OBO. The van der Waals surface area contributed by atoms with Crippen LogP contribution >= 0.6 is 0 Å². The molecular weight excluding hydrogens is 143 g/mol. The van der Waals surface area contributed by atoms with Gasteiger partial charge in [0.05, 0.1) is 7.11 Å². The molecule has 0 unspecified atom stereocenters. The van der Waals surface area contributed by atoms with Crippen LogP contribution in [0.1, 0.15) is 0 Å². The first-order chi connectivity index (χ1) is 5.33. The van der Waals surface area contributed by atoms with Gasteiger partial charge in [0.2, 0.25) is 0 Å². The molecule has 4 heteroatoms. The van der Waals surface area contributed by atoms with Gasteiger partial charge in [-0.05, 0) is 17.7 Å². The van der Waals surface area contributed by atoms with Gasteiger partial charge in [0.1, 0.15) is 5.75 Å². The summed E-state index contributed by atoms with van der Waals surface area (Å²) in [7, 11) is 0.946. The van der Waals surface area contributed by atoms with Crippen LogP contribution in [0.4, 0.5) is 0 Å². The summed E-state index contributed by atoms with van der Waals surface area (Å²) in [5.41, 5.74) is 2.62. The van der Waals surface area contributed by atoms with E-state index in [0.29, 0.717) is 0 Å². The van der Waals surface area contributed by atoms with Crippen LogP contribution in [0, 0.1) is 0 Å². The molecular formula is C7H9BO3. The van der Waals surface area contributed by atoms with Crippen LogP contribution in [-0.4, -0.2) is 24.8 Å². The Bertz CT molecular complexity index is 249. The fourth-order valence-corrected chi connectivity index (χ4v) is 0.904. The first kappa shape index (κ1) is 8.10. The molecule has 0 bridgehead atoms. The topological polar surface area (TPSA) is 49.7 Å². The van der Waals surface area contributed by atoms with Crippen molar-refractivity contribution >= 4 is 7.69 Å². The molecule has 0 saturated heterocycles. The minimum atomic E-state index is -0.750. The average molecular weight is 152 g/mol. The maximum absolute atomic E-state index is 7.12. The summed E-state index contributed by atoms with van der Waals surface area (Å²) >= 11 is 0. The second-order valence-electron chi connectivity index (χ2n) is 2.06. The minimum absolute atomic E-state index is 0.750. The molecule has 2 aliphatic carbocycles. The molecule has 0 heterocycles. The van der Waals surface area contributed by atoms with E-state index in [1.165, 1.54) is 11.1 Å². The van der Waals surface area contributed by atoms with Crippen LogP contribution in [0.2, 0.25) is 0 Å². The second kappa shape index (κ2) is 3.41. The van der Waals surface area contributed by atoms with Crippen LogP contribution in [0.5, 0.6) is 5.75 Å². The molecule has 0 aliphatic heterocycles. The third kappa shape index (κ3) is 1.72. The standard InChI is InChI=1S/C7H6O.BH3O2/c1-8-7-3-2-5-4-6(5)7;2-1-3/h2-4H,1H3;1-3H. The van der Waals surface area contributed by atoms with Crippen LogP contribution in [0.15, 0.2) is 18.2 Å². The van der Waals surface area contributed by atoms with Gasteiger partial charge in [0, 0.05) is 5.56 Å². The van der Waals surface area contributed by atoms with Crippen LogP contribution in [-0.2, 0) is 0 Å².